The molecule has 4 rings (SSSR count). The lowest BCUT2D eigenvalue weighted by Crippen LogP contribution is -2.23. The number of amides is 1. The van der Waals surface area contributed by atoms with Gasteiger partial charge in [-0.3, -0.25) is 4.79 Å². The zero-order valence-electron chi connectivity index (χ0n) is 18.4. The van der Waals surface area contributed by atoms with E-state index in [1.54, 1.807) is 24.4 Å². The maximum Gasteiger partial charge on any atom is 0.252 e. The number of halogens is 1. The van der Waals surface area contributed by atoms with Crippen molar-refractivity contribution in [3.63, 3.8) is 0 Å². The van der Waals surface area contributed by atoms with Gasteiger partial charge in [0.05, 0.1) is 12.4 Å². The van der Waals surface area contributed by atoms with Gasteiger partial charge in [0.15, 0.2) is 5.76 Å². The number of carbonyl (C=O) groups is 1. The maximum absolute atomic E-state index is 12.1. The Morgan fingerprint density at radius 1 is 1.18 bits per heavy atom. The summed E-state index contributed by atoms with van der Waals surface area (Å²) in [4.78, 5) is 16.2. The Morgan fingerprint density at radius 2 is 2.09 bits per heavy atom. The molecule has 0 saturated carbocycles. The largest absolute Gasteiger partial charge is 0.356 e. The first-order valence-corrected chi connectivity index (χ1v) is 11.2. The number of benzene rings is 2. The van der Waals surface area contributed by atoms with Gasteiger partial charge in [0.25, 0.3) is 5.91 Å². The molecule has 0 aliphatic rings. The standard InChI is InChI=1S/C25H23ClN6O2/c26-22-14-19(5-6-21(22)16-28-8-2-11-32-12-10-29-17-32)24-15-23(31-34-24)18-3-1-4-20(13-18)25(33)30-9-7-27/h1,3-6,10,12-15,17,28H,2,8-9,11,16H2,(H,30,33). The average Bonchev–Trinajstić information content (AvgIpc) is 3.56. The van der Waals surface area contributed by atoms with E-state index in [9.17, 15) is 4.79 Å². The van der Waals surface area contributed by atoms with Crippen LogP contribution in [0.3, 0.4) is 0 Å². The van der Waals surface area contributed by atoms with E-state index >= 15 is 0 Å². The molecule has 0 atom stereocenters. The van der Waals surface area contributed by atoms with E-state index in [1.165, 1.54) is 0 Å². The molecule has 0 radical (unpaired) electrons. The number of nitriles is 1. The van der Waals surface area contributed by atoms with Crippen molar-refractivity contribution in [2.24, 2.45) is 0 Å². The van der Waals surface area contributed by atoms with Gasteiger partial charge in [0.1, 0.15) is 12.2 Å². The summed E-state index contributed by atoms with van der Waals surface area (Å²) in [6.45, 7) is 2.41. The minimum absolute atomic E-state index is 0.0467. The van der Waals surface area contributed by atoms with Crippen LogP contribution in [0, 0.1) is 11.3 Å². The van der Waals surface area contributed by atoms with Gasteiger partial charge in [0.2, 0.25) is 0 Å². The highest BCUT2D eigenvalue weighted by Crippen LogP contribution is 2.29. The van der Waals surface area contributed by atoms with Gasteiger partial charge in [0, 0.05) is 53.3 Å². The normalized spacial score (nSPS) is 10.7. The van der Waals surface area contributed by atoms with E-state index in [0.29, 0.717) is 28.6 Å². The maximum atomic E-state index is 12.1. The van der Waals surface area contributed by atoms with Crippen LogP contribution < -0.4 is 10.6 Å². The number of carbonyl (C=O) groups excluding carboxylic acids is 1. The van der Waals surface area contributed by atoms with Crippen LogP contribution in [-0.4, -0.2) is 33.7 Å². The summed E-state index contributed by atoms with van der Waals surface area (Å²) in [7, 11) is 0. The SMILES string of the molecule is N#CCNC(=O)c1cccc(-c2cc(-c3ccc(CNCCCn4ccnc4)c(Cl)c3)on2)c1. The molecule has 0 bridgehead atoms. The fraction of sp³-hybridized carbons (Fsp3) is 0.200. The Morgan fingerprint density at radius 3 is 2.88 bits per heavy atom. The highest BCUT2D eigenvalue weighted by molar-refractivity contribution is 6.31. The van der Waals surface area contributed by atoms with Crippen molar-refractivity contribution >= 4 is 17.5 Å². The van der Waals surface area contributed by atoms with Gasteiger partial charge in [-0.15, -0.1) is 0 Å². The summed E-state index contributed by atoms with van der Waals surface area (Å²) >= 11 is 6.51. The molecule has 0 saturated heterocycles. The summed E-state index contributed by atoms with van der Waals surface area (Å²) in [5, 5.41) is 19.4. The Kier molecular flexibility index (Phi) is 7.71. The molecule has 0 spiro atoms. The molecule has 4 aromatic rings. The minimum atomic E-state index is -0.315. The smallest absolute Gasteiger partial charge is 0.252 e. The minimum Gasteiger partial charge on any atom is -0.356 e. The van der Waals surface area contributed by atoms with Crippen LogP contribution >= 0.6 is 11.6 Å². The van der Waals surface area contributed by atoms with Crippen LogP contribution in [0.2, 0.25) is 5.02 Å². The lowest BCUT2D eigenvalue weighted by molar-refractivity contribution is 0.0958. The second-order valence-corrected chi connectivity index (χ2v) is 8.04. The van der Waals surface area contributed by atoms with E-state index in [0.717, 1.165) is 36.2 Å². The zero-order chi connectivity index (χ0) is 23.8. The van der Waals surface area contributed by atoms with Gasteiger partial charge in [-0.25, -0.2) is 4.98 Å². The Bertz CT molecular complexity index is 1290. The quantitative estimate of drug-likeness (QED) is 0.262. The zero-order valence-corrected chi connectivity index (χ0v) is 19.1. The number of nitrogens with one attached hydrogen (secondary N) is 2. The molecule has 9 heteroatoms. The number of aryl methyl sites for hydroxylation is 1. The average molecular weight is 475 g/mol. The van der Waals surface area contributed by atoms with Crippen LogP contribution in [0.25, 0.3) is 22.6 Å². The number of imidazole rings is 1. The molecule has 2 aromatic heterocycles. The van der Waals surface area contributed by atoms with Crippen LogP contribution in [0.4, 0.5) is 0 Å². The molecule has 2 heterocycles. The number of rotatable bonds is 10. The first kappa shape index (κ1) is 23.2. The van der Waals surface area contributed by atoms with Crippen molar-refractivity contribution < 1.29 is 9.32 Å². The second kappa shape index (κ2) is 11.3. The van der Waals surface area contributed by atoms with Crippen LogP contribution in [0.5, 0.6) is 0 Å². The van der Waals surface area contributed by atoms with E-state index in [1.807, 2.05) is 48.9 Å². The van der Waals surface area contributed by atoms with E-state index < -0.39 is 0 Å². The molecule has 172 valence electrons. The summed E-state index contributed by atoms with van der Waals surface area (Å²) in [5.74, 6) is 0.265. The van der Waals surface area contributed by atoms with E-state index in [4.69, 9.17) is 21.4 Å². The third-order valence-corrected chi connectivity index (χ3v) is 5.59. The Balaban J connectivity index is 1.37. The van der Waals surface area contributed by atoms with Crippen molar-refractivity contribution in [1.29, 1.82) is 5.26 Å². The first-order chi connectivity index (χ1) is 16.6. The third kappa shape index (κ3) is 5.90. The van der Waals surface area contributed by atoms with Crippen LogP contribution in [0.15, 0.2) is 71.8 Å². The molecule has 1 amide bonds. The highest BCUT2D eigenvalue weighted by atomic mass is 35.5. The van der Waals surface area contributed by atoms with Gasteiger partial charge in [-0.05, 0) is 36.7 Å². The topological polar surface area (TPSA) is 109 Å². The van der Waals surface area contributed by atoms with Gasteiger partial charge < -0.3 is 19.7 Å². The predicted molar refractivity (Wildman–Crippen MR) is 129 cm³/mol. The lowest BCUT2D eigenvalue weighted by atomic mass is 10.1. The van der Waals surface area contributed by atoms with E-state index in [2.05, 4.69) is 25.3 Å². The van der Waals surface area contributed by atoms with Gasteiger partial charge in [-0.1, -0.05) is 41.0 Å². The molecule has 0 aliphatic heterocycles. The predicted octanol–water partition coefficient (Wildman–Crippen LogP) is 4.29. The monoisotopic (exact) mass is 474 g/mol. The Labute approximate surface area is 202 Å². The van der Waals surface area contributed by atoms with Gasteiger partial charge in [-0.2, -0.15) is 5.26 Å². The first-order valence-electron chi connectivity index (χ1n) is 10.8. The third-order valence-electron chi connectivity index (χ3n) is 5.24. The molecular weight excluding hydrogens is 452 g/mol. The second-order valence-electron chi connectivity index (χ2n) is 7.64. The van der Waals surface area contributed by atoms with Crippen molar-refractivity contribution in [3.05, 3.63) is 83.4 Å². The number of aromatic nitrogens is 3. The van der Waals surface area contributed by atoms with Crippen molar-refractivity contribution in [3.8, 4) is 28.7 Å². The van der Waals surface area contributed by atoms with Crippen LogP contribution in [0.1, 0.15) is 22.3 Å². The lowest BCUT2D eigenvalue weighted by Gasteiger charge is -2.08. The molecule has 34 heavy (non-hydrogen) atoms. The highest BCUT2D eigenvalue weighted by Gasteiger charge is 2.13. The number of hydrogen-bond acceptors (Lipinski definition) is 6. The molecule has 2 aromatic carbocycles. The summed E-state index contributed by atoms with van der Waals surface area (Å²) < 4.78 is 7.59. The summed E-state index contributed by atoms with van der Waals surface area (Å²) in [6.07, 6.45) is 6.54. The van der Waals surface area contributed by atoms with Gasteiger partial charge >= 0.3 is 0 Å². The fourth-order valence-electron chi connectivity index (χ4n) is 3.46. The molecule has 2 N–H and O–H groups in total. The number of nitrogens with zero attached hydrogens (tertiary/aromatic N) is 4. The summed E-state index contributed by atoms with van der Waals surface area (Å²) in [5.41, 5.74) is 3.61. The van der Waals surface area contributed by atoms with Crippen molar-refractivity contribution in [2.45, 2.75) is 19.5 Å². The molecule has 0 unspecified atom stereocenters. The summed E-state index contributed by atoms with van der Waals surface area (Å²) in [6, 6.07) is 16.5. The Hall–Kier alpha value is -3.93. The molecular formula is C25H23ClN6O2. The molecule has 8 nitrogen and oxygen atoms in total. The van der Waals surface area contributed by atoms with Crippen molar-refractivity contribution in [1.82, 2.24) is 25.3 Å². The number of hydrogen-bond donors (Lipinski definition) is 2. The van der Waals surface area contributed by atoms with Crippen LogP contribution in [-0.2, 0) is 13.1 Å². The molecule has 0 fully saturated rings. The van der Waals surface area contributed by atoms with Crippen molar-refractivity contribution in [2.75, 3.05) is 13.1 Å². The fourth-order valence-corrected chi connectivity index (χ4v) is 3.71. The van der Waals surface area contributed by atoms with E-state index in [-0.39, 0.29) is 12.5 Å². The molecule has 0 aliphatic carbocycles.